The minimum Gasteiger partial charge on any atom is -0.468 e. The molecule has 2 saturated heterocycles. The zero-order valence-electron chi connectivity index (χ0n) is 11.0. The summed E-state index contributed by atoms with van der Waals surface area (Å²) >= 11 is 0. The molecule has 0 aromatic rings. The van der Waals surface area contributed by atoms with Gasteiger partial charge in [0.1, 0.15) is 6.04 Å². The number of hydrogen-bond donors (Lipinski definition) is 1. The summed E-state index contributed by atoms with van der Waals surface area (Å²) in [5.74, 6) is -0.110. The number of rotatable bonds is 3. The standard InChI is InChI=1S/C12H23N3O2/c1-4-5-15-8-13-9-6-10(12(16)17-3)14(2)7-11(9)15/h9-11,13H,4-8H2,1-3H3/t9?,10-,11?/m0/s1. The number of fused-ring (bicyclic) bond motifs is 1. The highest BCUT2D eigenvalue weighted by Gasteiger charge is 2.43. The maximum absolute atomic E-state index is 11.7. The molecular weight excluding hydrogens is 218 g/mol. The van der Waals surface area contributed by atoms with Gasteiger partial charge in [-0.15, -0.1) is 0 Å². The average molecular weight is 241 g/mol. The van der Waals surface area contributed by atoms with E-state index in [2.05, 4.69) is 22.0 Å². The number of hydrogen-bond acceptors (Lipinski definition) is 5. The quantitative estimate of drug-likeness (QED) is 0.698. The van der Waals surface area contributed by atoms with Crippen LogP contribution >= 0.6 is 0 Å². The van der Waals surface area contributed by atoms with Gasteiger partial charge in [-0.1, -0.05) is 6.92 Å². The fourth-order valence-corrected chi connectivity index (χ4v) is 3.01. The summed E-state index contributed by atoms with van der Waals surface area (Å²) < 4.78 is 4.86. The molecule has 98 valence electrons. The Morgan fingerprint density at radius 2 is 2.29 bits per heavy atom. The summed E-state index contributed by atoms with van der Waals surface area (Å²) in [6.45, 7) is 5.23. The first-order valence-electron chi connectivity index (χ1n) is 6.42. The molecule has 0 bridgehead atoms. The monoisotopic (exact) mass is 241 g/mol. The molecule has 5 nitrogen and oxygen atoms in total. The molecule has 0 aromatic carbocycles. The molecule has 1 N–H and O–H groups in total. The predicted molar refractivity (Wildman–Crippen MR) is 65.6 cm³/mol. The normalized spacial score (nSPS) is 34.6. The van der Waals surface area contributed by atoms with Crippen molar-refractivity contribution in [2.24, 2.45) is 0 Å². The van der Waals surface area contributed by atoms with E-state index >= 15 is 0 Å². The molecule has 2 aliphatic rings. The first-order valence-corrected chi connectivity index (χ1v) is 6.42. The van der Waals surface area contributed by atoms with Gasteiger partial charge in [-0.2, -0.15) is 0 Å². The zero-order chi connectivity index (χ0) is 12.4. The van der Waals surface area contributed by atoms with Crippen LogP contribution in [0.5, 0.6) is 0 Å². The maximum atomic E-state index is 11.7. The lowest BCUT2D eigenvalue weighted by atomic mass is 9.94. The molecular formula is C12H23N3O2. The fraction of sp³-hybridized carbons (Fsp3) is 0.917. The van der Waals surface area contributed by atoms with Crippen LogP contribution in [0.15, 0.2) is 0 Å². The van der Waals surface area contributed by atoms with Gasteiger partial charge in [0, 0.05) is 25.3 Å². The summed E-state index contributed by atoms with van der Waals surface area (Å²) in [6.07, 6.45) is 2.03. The Morgan fingerprint density at radius 1 is 1.53 bits per heavy atom. The molecule has 2 rings (SSSR count). The third-order valence-corrected chi connectivity index (χ3v) is 3.96. The number of methoxy groups -OCH3 is 1. The highest BCUT2D eigenvalue weighted by atomic mass is 16.5. The van der Waals surface area contributed by atoms with Gasteiger partial charge in [0.25, 0.3) is 0 Å². The summed E-state index contributed by atoms with van der Waals surface area (Å²) in [5.41, 5.74) is 0. The van der Waals surface area contributed by atoms with Crippen molar-refractivity contribution in [3.8, 4) is 0 Å². The third kappa shape index (κ3) is 2.46. The average Bonchev–Trinajstić information content (AvgIpc) is 2.70. The number of piperidine rings is 1. The molecule has 5 heteroatoms. The molecule has 2 fully saturated rings. The Balaban J connectivity index is 2.00. The second kappa shape index (κ2) is 5.33. The van der Waals surface area contributed by atoms with Crippen LogP contribution in [0, 0.1) is 0 Å². The smallest absolute Gasteiger partial charge is 0.323 e. The summed E-state index contributed by atoms with van der Waals surface area (Å²) in [4.78, 5) is 16.3. The largest absolute Gasteiger partial charge is 0.468 e. The van der Waals surface area contributed by atoms with Crippen LogP contribution in [0.4, 0.5) is 0 Å². The van der Waals surface area contributed by atoms with Crippen molar-refractivity contribution in [1.29, 1.82) is 0 Å². The lowest BCUT2D eigenvalue weighted by Crippen LogP contribution is -2.57. The topological polar surface area (TPSA) is 44.8 Å². The molecule has 0 aromatic heterocycles. The summed E-state index contributed by atoms with van der Waals surface area (Å²) in [5, 5.41) is 3.51. The summed E-state index contributed by atoms with van der Waals surface area (Å²) in [6, 6.07) is 0.887. The number of ether oxygens (including phenoxy) is 1. The van der Waals surface area contributed by atoms with Crippen molar-refractivity contribution in [3.05, 3.63) is 0 Å². The lowest BCUT2D eigenvalue weighted by molar-refractivity contribution is -0.148. The van der Waals surface area contributed by atoms with E-state index in [9.17, 15) is 4.79 Å². The number of likely N-dealkylation sites (tertiary alicyclic amines) is 1. The lowest BCUT2D eigenvalue weighted by Gasteiger charge is -2.40. The third-order valence-electron chi connectivity index (χ3n) is 3.96. The molecule has 0 amide bonds. The molecule has 0 aliphatic carbocycles. The Bertz CT molecular complexity index is 285. The predicted octanol–water partition coefficient (Wildman–Crippen LogP) is -0.127. The first-order chi connectivity index (χ1) is 8.17. The molecule has 3 atom stereocenters. The Hall–Kier alpha value is -0.650. The second-order valence-electron chi connectivity index (χ2n) is 5.06. The van der Waals surface area contributed by atoms with Crippen LogP contribution < -0.4 is 5.32 Å². The van der Waals surface area contributed by atoms with E-state index in [0.717, 1.165) is 26.2 Å². The Labute approximate surface area is 103 Å². The highest BCUT2D eigenvalue weighted by Crippen LogP contribution is 2.25. The number of esters is 1. The van der Waals surface area contributed by atoms with Gasteiger partial charge in [-0.05, 0) is 26.4 Å². The van der Waals surface area contributed by atoms with Crippen molar-refractivity contribution < 1.29 is 9.53 Å². The van der Waals surface area contributed by atoms with Gasteiger partial charge in [0.2, 0.25) is 0 Å². The number of carbonyl (C=O) groups is 1. The second-order valence-corrected chi connectivity index (χ2v) is 5.06. The number of carbonyl (C=O) groups excluding carboxylic acids is 1. The van der Waals surface area contributed by atoms with E-state index in [0.29, 0.717) is 12.1 Å². The van der Waals surface area contributed by atoms with Gasteiger partial charge >= 0.3 is 5.97 Å². The molecule has 0 spiro atoms. The van der Waals surface area contributed by atoms with Crippen molar-refractivity contribution in [2.45, 2.75) is 37.9 Å². The van der Waals surface area contributed by atoms with Crippen LogP contribution in [-0.2, 0) is 9.53 Å². The number of nitrogens with one attached hydrogen (secondary N) is 1. The van der Waals surface area contributed by atoms with Gasteiger partial charge in [-0.25, -0.2) is 0 Å². The molecule has 17 heavy (non-hydrogen) atoms. The van der Waals surface area contributed by atoms with E-state index in [1.54, 1.807) is 0 Å². The SMILES string of the molecule is CCCN1CNC2C[C@@H](C(=O)OC)N(C)CC21. The van der Waals surface area contributed by atoms with E-state index in [-0.39, 0.29) is 12.0 Å². The van der Waals surface area contributed by atoms with E-state index in [1.807, 2.05) is 7.05 Å². The summed E-state index contributed by atoms with van der Waals surface area (Å²) in [7, 11) is 3.48. The Morgan fingerprint density at radius 3 is 2.94 bits per heavy atom. The minimum absolute atomic E-state index is 0.0877. The first kappa shape index (κ1) is 12.8. The van der Waals surface area contributed by atoms with Crippen LogP contribution in [0.2, 0.25) is 0 Å². The maximum Gasteiger partial charge on any atom is 0.323 e. The van der Waals surface area contributed by atoms with Crippen molar-refractivity contribution in [2.75, 3.05) is 33.9 Å². The van der Waals surface area contributed by atoms with Gasteiger partial charge in [-0.3, -0.25) is 19.9 Å². The number of nitrogens with zero attached hydrogens (tertiary/aromatic N) is 2. The van der Waals surface area contributed by atoms with E-state index in [4.69, 9.17) is 4.74 Å². The molecule has 2 aliphatic heterocycles. The molecule has 0 saturated carbocycles. The van der Waals surface area contributed by atoms with E-state index in [1.165, 1.54) is 13.5 Å². The van der Waals surface area contributed by atoms with Gasteiger partial charge in [0.15, 0.2) is 0 Å². The highest BCUT2D eigenvalue weighted by molar-refractivity contribution is 5.75. The number of likely N-dealkylation sites (N-methyl/N-ethyl adjacent to an activating group) is 1. The van der Waals surface area contributed by atoms with E-state index < -0.39 is 0 Å². The minimum atomic E-state index is -0.110. The molecule has 2 heterocycles. The van der Waals surface area contributed by atoms with Crippen molar-refractivity contribution in [3.63, 3.8) is 0 Å². The van der Waals surface area contributed by atoms with Gasteiger partial charge in [0.05, 0.1) is 7.11 Å². The van der Waals surface area contributed by atoms with Crippen LogP contribution in [0.1, 0.15) is 19.8 Å². The van der Waals surface area contributed by atoms with Crippen molar-refractivity contribution >= 4 is 5.97 Å². The fourth-order valence-electron chi connectivity index (χ4n) is 3.01. The Kier molecular flexibility index (Phi) is 4.01. The molecule has 0 radical (unpaired) electrons. The zero-order valence-corrected chi connectivity index (χ0v) is 11.0. The van der Waals surface area contributed by atoms with Crippen LogP contribution in [0.3, 0.4) is 0 Å². The molecule has 2 unspecified atom stereocenters. The van der Waals surface area contributed by atoms with Gasteiger partial charge < -0.3 is 4.74 Å². The van der Waals surface area contributed by atoms with Crippen molar-refractivity contribution in [1.82, 2.24) is 15.1 Å². The van der Waals surface area contributed by atoms with Crippen LogP contribution in [0.25, 0.3) is 0 Å². The van der Waals surface area contributed by atoms with Crippen LogP contribution in [-0.4, -0.2) is 67.8 Å².